The minimum Gasteiger partial charge on any atom is -0.350 e. The molecule has 2 aromatic heterocycles. The Labute approximate surface area is 176 Å². The van der Waals surface area contributed by atoms with Crippen molar-refractivity contribution in [1.29, 1.82) is 0 Å². The molecule has 5 rings (SSSR count). The Morgan fingerprint density at radius 3 is 2.10 bits per heavy atom. The number of amides is 2. The molecule has 0 fully saturated rings. The smallest absolute Gasteiger partial charge is 0.271 e. The Balaban J connectivity index is 1.84. The minimum absolute atomic E-state index is 0.0362. The number of aryl methyl sites for hydroxylation is 3. The van der Waals surface area contributed by atoms with Crippen LogP contribution in [-0.4, -0.2) is 25.9 Å². The van der Waals surface area contributed by atoms with E-state index in [4.69, 9.17) is 0 Å². The van der Waals surface area contributed by atoms with Crippen LogP contribution in [0.2, 0.25) is 0 Å². The van der Waals surface area contributed by atoms with Crippen LogP contribution in [-0.2, 0) is 23.7 Å². The lowest BCUT2D eigenvalue weighted by molar-refractivity contribution is -0.384. The summed E-state index contributed by atoms with van der Waals surface area (Å²) in [6.07, 6.45) is 3.59. The molecule has 1 aliphatic heterocycles. The Morgan fingerprint density at radius 2 is 1.45 bits per heavy atom. The molecule has 0 bridgehead atoms. The van der Waals surface area contributed by atoms with Crippen LogP contribution in [0.25, 0.3) is 33.0 Å². The molecule has 2 amide bonds. The normalized spacial score (nSPS) is 14.2. The molecule has 0 saturated heterocycles. The third-order valence-corrected chi connectivity index (χ3v) is 5.80. The molecule has 0 saturated carbocycles. The van der Waals surface area contributed by atoms with E-state index >= 15 is 0 Å². The Morgan fingerprint density at radius 1 is 0.839 bits per heavy atom. The van der Waals surface area contributed by atoms with Crippen molar-refractivity contribution in [2.24, 2.45) is 14.1 Å². The minimum atomic E-state index is -0.476. The highest BCUT2D eigenvalue weighted by Crippen LogP contribution is 2.39. The van der Waals surface area contributed by atoms with Gasteiger partial charge in [0.15, 0.2) is 0 Å². The van der Waals surface area contributed by atoms with Gasteiger partial charge in [-0.1, -0.05) is 11.6 Å². The van der Waals surface area contributed by atoms with E-state index in [1.807, 2.05) is 42.9 Å². The summed E-state index contributed by atoms with van der Waals surface area (Å²) >= 11 is 0. The van der Waals surface area contributed by atoms with Gasteiger partial charge in [0.1, 0.15) is 0 Å². The van der Waals surface area contributed by atoms with E-state index in [0.717, 1.165) is 16.5 Å². The number of carbonyl (C=O) groups excluding carboxylic acids is 2. The molecule has 0 unspecified atom stereocenters. The van der Waals surface area contributed by atoms with Gasteiger partial charge in [-0.3, -0.25) is 25.0 Å². The summed E-state index contributed by atoms with van der Waals surface area (Å²) in [7, 11) is 3.65. The van der Waals surface area contributed by atoms with Gasteiger partial charge in [-0.15, -0.1) is 0 Å². The fraction of sp³-hybridized carbons (Fsp3) is 0.130. The van der Waals surface area contributed by atoms with Gasteiger partial charge in [-0.05, 0) is 25.1 Å². The summed E-state index contributed by atoms with van der Waals surface area (Å²) in [4.78, 5) is 36.5. The summed E-state index contributed by atoms with van der Waals surface area (Å²) < 4.78 is 3.66. The Kier molecular flexibility index (Phi) is 3.88. The van der Waals surface area contributed by atoms with Crippen molar-refractivity contribution >= 4 is 50.5 Å². The molecular formula is C23H18N4O4. The van der Waals surface area contributed by atoms with Crippen LogP contribution < -0.4 is 5.32 Å². The summed E-state index contributed by atoms with van der Waals surface area (Å²) in [5, 5.41) is 15.2. The van der Waals surface area contributed by atoms with Gasteiger partial charge in [0, 0.05) is 66.0 Å². The van der Waals surface area contributed by atoms with E-state index in [9.17, 15) is 19.7 Å². The number of aromatic nitrogens is 2. The molecule has 0 radical (unpaired) electrons. The summed E-state index contributed by atoms with van der Waals surface area (Å²) in [5.74, 6) is -0.927. The highest BCUT2D eigenvalue weighted by molar-refractivity contribution is 6.50. The van der Waals surface area contributed by atoms with Gasteiger partial charge in [-0.25, -0.2) is 0 Å². The van der Waals surface area contributed by atoms with E-state index in [0.29, 0.717) is 27.6 Å². The number of fused-ring (bicyclic) bond motifs is 2. The number of nitrogens with zero attached hydrogens (tertiary/aromatic N) is 3. The first-order chi connectivity index (χ1) is 14.8. The maximum absolute atomic E-state index is 12.9. The molecule has 8 nitrogen and oxygen atoms in total. The number of imide groups is 1. The van der Waals surface area contributed by atoms with Crippen LogP contribution in [0.1, 0.15) is 16.7 Å². The SMILES string of the molecule is Cc1ccc2c(c1)c(C1=C(c3cn(C)c4cc([N+](=O)[O-])ccc34)C(=O)NC1=O)cn2C. The second-order valence-corrected chi connectivity index (χ2v) is 7.82. The highest BCUT2D eigenvalue weighted by atomic mass is 16.6. The number of carbonyl (C=O) groups is 2. The first kappa shape index (κ1) is 18.8. The fourth-order valence-electron chi connectivity index (χ4n) is 4.36. The van der Waals surface area contributed by atoms with Gasteiger partial charge < -0.3 is 9.13 Å². The van der Waals surface area contributed by atoms with E-state index in [2.05, 4.69) is 5.32 Å². The predicted molar refractivity (Wildman–Crippen MR) is 117 cm³/mol. The lowest BCUT2D eigenvalue weighted by atomic mass is 9.95. The van der Waals surface area contributed by atoms with E-state index in [1.54, 1.807) is 23.9 Å². The van der Waals surface area contributed by atoms with Crippen LogP contribution in [0.15, 0.2) is 48.8 Å². The second-order valence-electron chi connectivity index (χ2n) is 7.82. The molecular weight excluding hydrogens is 396 g/mol. The average Bonchev–Trinajstić information content (AvgIpc) is 3.32. The molecule has 0 spiro atoms. The quantitative estimate of drug-likeness (QED) is 0.315. The van der Waals surface area contributed by atoms with Gasteiger partial charge >= 0.3 is 0 Å². The molecule has 8 heteroatoms. The van der Waals surface area contributed by atoms with Crippen LogP contribution in [0.3, 0.4) is 0 Å². The fourth-order valence-corrected chi connectivity index (χ4v) is 4.36. The number of non-ortho nitro benzene ring substituents is 1. The van der Waals surface area contributed by atoms with Crippen molar-refractivity contribution in [2.75, 3.05) is 0 Å². The van der Waals surface area contributed by atoms with Gasteiger partial charge in [0.05, 0.1) is 21.6 Å². The summed E-state index contributed by atoms with van der Waals surface area (Å²) in [6, 6.07) is 10.5. The number of nitro groups is 1. The maximum Gasteiger partial charge on any atom is 0.271 e. The Bertz CT molecular complexity index is 1500. The molecule has 0 aliphatic carbocycles. The van der Waals surface area contributed by atoms with Crippen LogP contribution in [0, 0.1) is 17.0 Å². The third-order valence-electron chi connectivity index (χ3n) is 5.80. The lowest BCUT2D eigenvalue weighted by Crippen LogP contribution is -2.22. The molecule has 2 aromatic carbocycles. The summed E-state index contributed by atoms with van der Waals surface area (Å²) in [6.45, 7) is 1.98. The summed E-state index contributed by atoms with van der Waals surface area (Å²) in [5.41, 5.74) is 4.40. The molecule has 31 heavy (non-hydrogen) atoms. The molecule has 0 atom stereocenters. The third kappa shape index (κ3) is 2.68. The predicted octanol–water partition coefficient (Wildman–Crippen LogP) is 3.45. The first-order valence-electron chi connectivity index (χ1n) is 9.66. The molecule has 1 aliphatic rings. The van der Waals surface area contributed by atoms with Crippen LogP contribution >= 0.6 is 0 Å². The van der Waals surface area contributed by atoms with Gasteiger partial charge in [-0.2, -0.15) is 0 Å². The second kappa shape index (κ2) is 6.40. The highest BCUT2D eigenvalue weighted by Gasteiger charge is 2.35. The number of rotatable bonds is 3. The van der Waals surface area contributed by atoms with Crippen molar-refractivity contribution in [3.05, 3.63) is 75.6 Å². The van der Waals surface area contributed by atoms with Crippen LogP contribution in [0.4, 0.5) is 5.69 Å². The standard InChI is InChI=1S/C23H18N4O4/c1-12-4-7-18-15(8-12)17(11-25(18)2)21-20(22(28)24-23(21)29)16-10-26(3)19-9-13(27(30)31)5-6-14(16)19/h4-11H,1-3H3,(H,24,28,29). The van der Waals surface area contributed by atoms with Crippen molar-refractivity contribution < 1.29 is 14.5 Å². The van der Waals surface area contributed by atoms with E-state index in [-0.39, 0.29) is 11.3 Å². The number of nitrogens with one attached hydrogen (secondary N) is 1. The largest absolute Gasteiger partial charge is 0.350 e. The average molecular weight is 414 g/mol. The zero-order valence-electron chi connectivity index (χ0n) is 17.1. The maximum atomic E-state index is 12.9. The van der Waals surface area contributed by atoms with Gasteiger partial charge in [0.2, 0.25) is 0 Å². The zero-order chi connectivity index (χ0) is 22.0. The number of benzene rings is 2. The van der Waals surface area contributed by atoms with Gasteiger partial charge in [0.25, 0.3) is 17.5 Å². The molecule has 3 heterocycles. The monoisotopic (exact) mass is 414 g/mol. The van der Waals surface area contributed by atoms with E-state index in [1.165, 1.54) is 12.1 Å². The molecule has 4 aromatic rings. The molecule has 154 valence electrons. The first-order valence-corrected chi connectivity index (χ1v) is 9.66. The van der Waals surface area contributed by atoms with Crippen molar-refractivity contribution in [2.45, 2.75) is 6.92 Å². The van der Waals surface area contributed by atoms with Crippen LogP contribution in [0.5, 0.6) is 0 Å². The van der Waals surface area contributed by atoms with Crippen molar-refractivity contribution in [1.82, 2.24) is 14.5 Å². The van der Waals surface area contributed by atoms with Crippen molar-refractivity contribution in [3.8, 4) is 0 Å². The van der Waals surface area contributed by atoms with Crippen molar-refractivity contribution in [3.63, 3.8) is 0 Å². The van der Waals surface area contributed by atoms with E-state index < -0.39 is 16.7 Å². The lowest BCUT2D eigenvalue weighted by Gasteiger charge is -2.03. The number of hydrogen-bond donors (Lipinski definition) is 1. The number of nitro benzene ring substituents is 1. The topological polar surface area (TPSA) is 99.2 Å². The Hall–Kier alpha value is -4.20. The molecule has 1 N–H and O–H groups in total. The number of hydrogen-bond acceptors (Lipinski definition) is 4. The zero-order valence-corrected chi connectivity index (χ0v) is 17.1.